The second-order valence-corrected chi connectivity index (χ2v) is 8.49. The van der Waals surface area contributed by atoms with Crippen LogP contribution in [-0.4, -0.2) is 67.3 Å². The van der Waals surface area contributed by atoms with Crippen molar-refractivity contribution >= 4 is 39.0 Å². The van der Waals surface area contributed by atoms with E-state index in [0.29, 0.717) is 33.5 Å². The summed E-state index contributed by atoms with van der Waals surface area (Å²) < 4.78 is 24.2. The molecule has 1 fully saturated rings. The average Bonchev–Trinajstić information content (AvgIpc) is 3.16. The van der Waals surface area contributed by atoms with Crippen molar-refractivity contribution in [3.63, 3.8) is 0 Å². The van der Waals surface area contributed by atoms with Crippen molar-refractivity contribution < 1.29 is 18.7 Å². The van der Waals surface area contributed by atoms with Gasteiger partial charge >= 0.3 is 0 Å². The first-order chi connectivity index (χ1) is 15.6. The van der Waals surface area contributed by atoms with Gasteiger partial charge < -0.3 is 20.1 Å². The molecular formula is C22H26FN5O3S. The van der Waals surface area contributed by atoms with Crippen LogP contribution in [0.2, 0.25) is 0 Å². The highest BCUT2D eigenvalue weighted by atomic mass is 32.1. The van der Waals surface area contributed by atoms with Crippen LogP contribution in [0.15, 0.2) is 24.5 Å². The maximum Gasteiger partial charge on any atom is 0.261 e. The number of carbonyl (C=O) groups excluding carboxylic acids is 1. The summed E-state index contributed by atoms with van der Waals surface area (Å²) >= 11 is 1.33. The summed E-state index contributed by atoms with van der Waals surface area (Å²) in [7, 11) is 1.48. The second kappa shape index (κ2) is 10.2. The van der Waals surface area contributed by atoms with Crippen LogP contribution in [0.5, 0.6) is 5.75 Å². The van der Waals surface area contributed by atoms with Crippen LogP contribution in [-0.2, 0) is 4.74 Å². The van der Waals surface area contributed by atoms with E-state index in [1.165, 1.54) is 36.9 Å². The number of benzene rings is 1. The number of anilines is 2. The Bertz CT molecular complexity index is 1100. The van der Waals surface area contributed by atoms with Crippen LogP contribution >= 0.6 is 11.3 Å². The van der Waals surface area contributed by atoms with E-state index in [0.717, 1.165) is 50.2 Å². The smallest absolute Gasteiger partial charge is 0.261 e. The van der Waals surface area contributed by atoms with Gasteiger partial charge in [0.2, 0.25) is 0 Å². The molecule has 0 aliphatic carbocycles. The Kier molecular flexibility index (Phi) is 7.13. The molecule has 0 atom stereocenters. The van der Waals surface area contributed by atoms with Crippen LogP contribution in [0.1, 0.15) is 21.7 Å². The van der Waals surface area contributed by atoms with Crippen LogP contribution < -0.4 is 15.4 Å². The third-order valence-corrected chi connectivity index (χ3v) is 6.59. The van der Waals surface area contributed by atoms with Crippen molar-refractivity contribution in [1.82, 2.24) is 20.2 Å². The van der Waals surface area contributed by atoms with Gasteiger partial charge in [-0.05, 0) is 37.6 Å². The molecule has 4 rings (SSSR count). The lowest BCUT2D eigenvalue weighted by molar-refractivity contribution is 0.0374. The first-order valence-corrected chi connectivity index (χ1v) is 11.3. The molecule has 2 aromatic heterocycles. The van der Waals surface area contributed by atoms with Gasteiger partial charge in [0, 0.05) is 25.7 Å². The molecule has 1 saturated heterocycles. The van der Waals surface area contributed by atoms with Gasteiger partial charge in [0.15, 0.2) is 0 Å². The number of ether oxygens (including phenoxy) is 2. The molecule has 3 aromatic rings. The summed E-state index contributed by atoms with van der Waals surface area (Å²) in [6.45, 7) is 6.86. The van der Waals surface area contributed by atoms with Gasteiger partial charge in [0.05, 0.1) is 36.3 Å². The number of fused-ring (bicyclic) bond motifs is 1. The second-order valence-electron chi connectivity index (χ2n) is 7.49. The number of nitrogens with zero attached hydrogens (tertiary/aromatic N) is 3. The molecule has 170 valence electrons. The molecule has 3 heterocycles. The van der Waals surface area contributed by atoms with E-state index in [9.17, 15) is 9.18 Å². The summed E-state index contributed by atoms with van der Waals surface area (Å²) in [6.07, 6.45) is 2.33. The number of amides is 1. The Morgan fingerprint density at radius 2 is 2.12 bits per heavy atom. The lowest BCUT2D eigenvalue weighted by Gasteiger charge is -2.26. The van der Waals surface area contributed by atoms with E-state index in [1.54, 1.807) is 6.07 Å². The SMILES string of the molecule is COc1cc(F)ccc1Nc1ncnc2sc(C(=O)NCCCN3CCOCC3)c(C)c12. The van der Waals surface area contributed by atoms with Gasteiger partial charge in [0.1, 0.15) is 28.5 Å². The fourth-order valence-corrected chi connectivity index (χ4v) is 4.75. The molecule has 1 aliphatic rings. The Hall–Kier alpha value is -2.82. The van der Waals surface area contributed by atoms with Crippen molar-refractivity contribution in [2.75, 3.05) is 51.8 Å². The molecule has 0 spiro atoms. The molecule has 0 radical (unpaired) electrons. The number of hydrogen-bond donors (Lipinski definition) is 2. The Labute approximate surface area is 189 Å². The fourth-order valence-electron chi connectivity index (χ4n) is 3.69. The van der Waals surface area contributed by atoms with Crippen LogP contribution in [0.4, 0.5) is 15.9 Å². The number of thiophene rings is 1. The van der Waals surface area contributed by atoms with E-state index >= 15 is 0 Å². The minimum absolute atomic E-state index is 0.113. The number of aryl methyl sites for hydroxylation is 1. The largest absolute Gasteiger partial charge is 0.494 e. The van der Waals surface area contributed by atoms with E-state index in [4.69, 9.17) is 9.47 Å². The van der Waals surface area contributed by atoms with Crippen LogP contribution in [0.25, 0.3) is 10.2 Å². The topological polar surface area (TPSA) is 88.6 Å². The number of morpholine rings is 1. The Morgan fingerprint density at radius 3 is 2.91 bits per heavy atom. The molecule has 2 N–H and O–H groups in total. The lowest BCUT2D eigenvalue weighted by atomic mass is 10.2. The van der Waals surface area contributed by atoms with Crippen LogP contribution in [0, 0.1) is 12.7 Å². The molecular weight excluding hydrogens is 433 g/mol. The molecule has 1 aliphatic heterocycles. The zero-order valence-electron chi connectivity index (χ0n) is 18.1. The van der Waals surface area contributed by atoms with Gasteiger partial charge in [-0.15, -0.1) is 11.3 Å². The Morgan fingerprint density at radius 1 is 1.31 bits per heavy atom. The number of nitrogens with one attached hydrogen (secondary N) is 2. The molecule has 1 aromatic carbocycles. The average molecular weight is 460 g/mol. The number of halogens is 1. The molecule has 1 amide bonds. The summed E-state index contributed by atoms with van der Waals surface area (Å²) in [6, 6.07) is 4.24. The predicted octanol–water partition coefficient (Wildman–Crippen LogP) is 3.34. The highest BCUT2D eigenvalue weighted by Gasteiger charge is 2.20. The third-order valence-electron chi connectivity index (χ3n) is 5.39. The minimum Gasteiger partial charge on any atom is -0.494 e. The van der Waals surface area contributed by atoms with Gasteiger partial charge in [-0.1, -0.05) is 0 Å². The monoisotopic (exact) mass is 459 g/mol. The van der Waals surface area contributed by atoms with Gasteiger partial charge in [-0.3, -0.25) is 9.69 Å². The normalized spacial score (nSPS) is 14.5. The number of rotatable bonds is 8. The highest BCUT2D eigenvalue weighted by Crippen LogP contribution is 2.36. The van der Waals surface area contributed by atoms with E-state index in [1.807, 2.05) is 6.92 Å². The maximum atomic E-state index is 13.5. The van der Waals surface area contributed by atoms with E-state index in [-0.39, 0.29) is 11.7 Å². The van der Waals surface area contributed by atoms with Gasteiger partial charge in [0.25, 0.3) is 5.91 Å². The van der Waals surface area contributed by atoms with Crippen molar-refractivity contribution in [3.05, 3.63) is 40.8 Å². The first-order valence-electron chi connectivity index (χ1n) is 10.5. The molecule has 0 bridgehead atoms. The molecule has 0 saturated carbocycles. The summed E-state index contributed by atoms with van der Waals surface area (Å²) in [5.74, 6) is 0.403. The summed E-state index contributed by atoms with van der Waals surface area (Å²) in [5.41, 5.74) is 1.38. The molecule has 10 heteroatoms. The summed E-state index contributed by atoms with van der Waals surface area (Å²) in [4.78, 5) is 25.2. The van der Waals surface area contributed by atoms with Crippen LogP contribution in [0.3, 0.4) is 0 Å². The zero-order chi connectivity index (χ0) is 22.5. The maximum absolute atomic E-state index is 13.5. The number of methoxy groups -OCH3 is 1. The standard InChI is InChI=1S/C22H26FN5O3S/c1-14-18-20(27-16-5-4-15(23)12-17(16)30-2)25-13-26-22(18)32-19(14)21(29)24-6-3-7-28-8-10-31-11-9-28/h4-5,12-13H,3,6-11H2,1-2H3,(H,24,29)(H,25,26,27). The highest BCUT2D eigenvalue weighted by molar-refractivity contribution is 7.20. The molecule has 8 nitrogen and oxygen atoms in total. The number of carbonyl (C=O) groups is 1. The summed E-state index contributed by atoms with van der Waals surface area (Å²) in [5, 5.41) is 6.98. The van der Waals surface area contributed by atoms with Crippen molar-refractivity contribution in [3.8, 4) is 5.75 Å². The quantitative estimate of drug-likeness (QED) is 0.500. The molecule has 0 unspecified atom stereocenters. The van der Waals surface area contributed by atoms with Crippen molar-refractivity contribution in [1.29, 1.82) is 0 Å². The van der Waals surface area contributed by atoms with Gasteiger partial charge in [-0.25, -0.2) is 14.4 Å². The van der Waals surface area contributed by atoms with Crippen molar-refractivity contribution in [2.24, 2.45) is 0 Å². The van der Waals surface area contributed by atoms with Gasteiger partial charge in [-0.2, -0.15) is 0 Å². The minimum atomic E-state index is -0.389. The number of aromatic nitrogens is 2. The fraction of sp³-hybridized carbons (Fsp3) is 0.409. The predicted molar refractivity (Wildman–Crippen MR) is 123 cm³/mol. The third kappa shape index (κ3) is 4.98. The number of hydrogen-bond acceptors (Lipinski definition) is 8. The van der Waals surface area contributed by atoms with Crippen molar-refractivity contribution in [2.45, 2.75) is 13.3 Å². The Balaban J connectivity index is 1.47. The van der Waals surface area contributed by atoms with E-state index in [2.05, 4.69) is 25.5 Å². The molecule has 32 heavy (non-hydrogen) atoms. The van der Waals surface area contributed by atoms with E-state index < -0.39 is 0 Å². The lowest BCUT2D eigenvalue weighted by Crippen LogP contribution is -2.38. The zero-order valence-corrected chi connectivity index (χ0v) is 18.9. The first kappa shape index (κ1) is 22.4.